The fourth-order valence-electron chi connectivity index (χ4n) is 3.83. The third kappa shape index (κ3) is 5.29. The lowest BCUT2D eigenvalue weighted by molar-refractivity contribution is 0.187. The van der Waals surface area contributed by atoms with E-state index in [0.29, 0.717) is 11.6 Å². The molecule has 4 rings (SSSR count). The van der Waals surface area contributed by atoms with Crippen LogP contribution < -0.4 is 10.2 Å². The highest BCUT2D eigenvalue weighted by Gasteiger charge is 2.22. The number of ether oxygens (including phenoxy) is 1. The van der Waals surface area contributed by atoms with Gasteiger partial charge in [0.05, 0.1) is 18.6 Å². The Balaban J connectivity index is 1.36. The maximum atomic E-state index is 14.1. The number of hydrogen-bond acceptors (Lipinski definition) is 4. The molecule has 1 N–H and O–H groups in total. The molecule has 2 aromatic rings. The minimum Gasteiger partial charge on any atom is -0.469 e. The second-order valence-electron chi connectivity index (χ2n) is 7.58. The number of benzene rings is 1. The predicted molar refractivity (Wildman–Crippen MR) is 112 cm³/mol. The fraction of sp³-hybridized carbons (Fsp3) is 0.500. The topological polar surface area (TPSA) is 53.2 Å². The first-order valence-corrected chi connectivity index (χ1v) is 10.4. The molecule has 6 nitrogen and oxygen atoms in total. The van der Waals surface area contributed by atoms with Gasteiger partial charge in [0.15, 0.2) is 5.96 Å². The largest absolute Gasteiger partial charge is 0.469 e. The highest BCUT2D eigenvalue weighted by Crippen LogP contribution is 2.20. The molecule has 156 valence electrons. The normalized spacial score (nSPS) is 20.3. The second-order valence-corrected chi connectivity index (χ2v) is 7.58. The standard InChI is InChI=1S/C22H29FN4O2/c23-20-5-1-2-6-21(20)26-10-12-27(13-11-26)22(25-16-18-8-15-28-17-18)24-9-7-19-4-3-14-29-19/h1-6,14,18H,7-13,15-17H2,(H,24,25). The van der Waals surface area contributed by atoms with E-state index in [1.54, 1.807) is 12.3 Å². The Morgan fingerprint density at radius 3 is 2.72 bits per heavy atom. The maximum absolute atomic E-state index is 14.1. The van der Waals surface area contributed by atoms with Gasteiger partial charge in [0.25, 0.3) is 0 Å². The molecule has 0 radical (unpaired) electrons. The molecule has 1 aromatic heterocycles. The third-order valence-corrected chi connectivity index (χ3v) is 5.53. The molecule has 0 saturated carbocycles. The molecule has 7 heteroatoms. The Hall–Kier alpha value is -2.54. The van der Waals surface area contributed by atoms with Crippen molar-refractivity contribution in [3.8, 4) is 0 Å². The Kier molecular flexibility index (Phi) is 6.67. The number of nitrogens with zero attached hydrogens (tertiary/aromatic N) is 3. The lowest BCUT2D eigenvalue weighted by Crippen LogP contribution is -2.53. The number of rotatable bonds is 6. The van der Waals surface area contributed by atoms with E-state index in [1.165, 1.54) is 6.07 Å². The van der Waals surface area contributed by atoms with Gasteiger partial charge >= 0.3 is 0 Å². The van der Waals surface area contributed by atoms with Gasteiger partial charge in [-0.2, -0.15) is 0 Å². The first-order chi connectivity index (χ1) is 14.3. The number of nitrogens with one attached hydrogen (secondary N) is 1. The summed E-state index contributed by atoms with van der Waals surface area (Å²) in [4.78, 5) is 9.27. The van der Waals surface area contributed by atoms with Gasteiger partial charge in [0.1, 0.15) is 11.6 Å². The van der Waals surface area contributed by atoms with Crippen LogP contribution in [0.15, 0.2) is 52.1 Å². The van der Waals surface area contributed by atoms with Crippen molar-refractivity contribution in [3.05, 3.63) is 54.2 Å². The fourth-order valence-corrected chi connectivity index (χ4v) is 3.83. The van der Waals surface area contributed by atoms with Crippen molar-refractivity contribution in [2.24, 2.45) is 10.9 Å². The molecule has 1 aromatic carbocycles. The summed E-state index contributed by atoms with van der Waals surface area (Å²) >= 11 is 0. The zero-order valence-corrected chi connectivity index (χ0v) is 16.7. The number of guanidine groups is 1. The van der Waals surface area contributed by atoms with Gasteiger partial charge in [-0.1, -0.05) is 12.1 Å². The van der Waals surface area contributed by atoms with E-state index in [4.69, 9.17) is 14.1 Å². The number of anilines is 1. The van der Waals surface area contributed by atoms with Gasteiger partial charge in [-0.05, 0) is 30.7 Å². The summed E-state index contributed by atoms with van der Waals surface area (Å²) in [7, 11) is 0. The Bertz CT molecular complexity index is 782. The van der Waals surface area contributed by atoms with Gasteiger partial charge in [-0.15, -0.1) is 0 Å². The number of para-hydroxylation sites is 1. The van der Waals surface area contributed by atoms with E-state index in [0.717, 1.165) is 77.0 Å². The molecule has 1 unspecified atom stereocenters. The molecule has 0 aliphatic carbocycles. The van der Waals surface area contributed by atoms with Crippen LogP contribution in [0.25, 0.3) is 0 Å². The lowest BCUT2D eigenvalue weighted by atomic mass is 10.1. The average Bonchev–Trinajstić information content (AvgIpc) is 3.45. The number of halogens is 1. The van der Waals surface area contributed by atoms with Gasteiger partial charge in [0.2, 0.25) is 0 Å². The Labute approximate surface area is 171 Å². The quantitative estimate of drug-likeness (QED) is 0.597. The van der Waals surface area contributed by atoms with Crippen LogP contribution in [0.3, 0.4) is 0 Å². The smallest absolute Gasteiger partial charge is 0.194 e. The maximum Gasteiger partial charge on any atom is 0.194 e. The molecule has 2 aliphatic rings. The Morgan fingerprint density at radius 2 is 2.00 bits per heavy atom. The van der Waals surface area contributed by atoms with Crippen molar-refractivity contribution < 1.29 is 13.5 Å². The third-order valence-electron chi connectivity index (χ3n) is 5.53. The van der Waals surface area contributed by atoms with Crippen LogP contribution in [-0.2, 0) is 11.2 Å². The van der Waals surface area contributed by atoms with Gasteiger partial charge in [-0.3, -0.25) is 4.99 Å². The molecule has 3 heterocycles. The molecule has 0 bridgehead atoms. The molecular formula is C22H29FN4O2. The average molecular weight is 400 g/mol. The van der Waals surface area contributed by atoms with E-state index in [9.17, 15) is 4.39 Å². The van der Waals surface area contributed by atoms with Crippen molar-refractivity contribution in [2.45, 2.75) is 12.8 Å². The summed E-state index contributed by atoms with van der Waals surface area (Å²) in [6, 6.07) is 10.9. The van der Waals surface area contributed by atoms with Crippen molar-refractivity contribution in [1.29, 1.82) is 0 Å². The molecule has 0 spiro atoms. The summed E-state index contributed by atoms with van der Waals surface area (Å²) in [5.74, 6) is 2.23. The van der Waals surface area contributed by atoms with Crippen LogP contribution in [0.1, 0.15) is 12.2 Å². The predicted octanol–water partition coefficient (Wildman–Crippen LogP) is 2.77. The zero-order chi connectivity index (χ0) is 19.9. The minimum atomic E-state index is -0.160. The van der Waals surface area contributed by atoms with Crippen LogP contribution >= 0.6 is 0 Å². The van der Waals surface area contributed by atoms with E-state index in [1.807, 2.05) is 24.3 Å². The number of furan rings is 1. The summed E-state index contributed by atoms with van der Waals surface area (Å²) in [5.41, 5.74) is 0.680. The van der Waals surface area contributed by atoms with E-state index in [2.05, 4.69) is 15.1 Å². The molecule has 2 saturated heterocycles. The van der Waals surface area contributed by atoms with Crippen LogP contribution in [-0.4, -0.2) is 63.3 Å². The summed E-state index contributed by atoms with van der Waals surface area (Å²) in [6.07, 6.45) is 3.59. The monoisotopic (exact) mass is 400 g/mol. The van der Waals surface area contributed by atoms with Gasteiger partial charge in [0, 0.05) is 58.2 Å². The highest BCUT2D eigenvalue weighted by atomic mass is 19.1. The van der Waals surface area contributed by atoms with E-state index >= 15 is 0 Å². The zero-order valence-electron chi connectivity index (χ0n) is 16.7. The van der Waals surface area contributed by atoms with Crippen molar-refractivity contribution >= 4 is 11.6 Å². The second kappa shape index (κ2) is 9.78. The van der Waals surface area contributed by atoms with Crippen LogP contribution in [0.5, 0.6) is 0 Å². The minimum absolute atomic E-state index is 0.160. The summed E-state index contributed by atoms with van der Waals surface area (Å²) in [5, 5.41) is 3.50. The summed E-state index contributed by atoms with van der Waals surface area (Å²) < 4.78 is 25.0. The van der Waals surface area contributed by atoms with Gasteiger partial charge < -0.3 is 24.3 Å². The van der Waals surface area contributed by atoms with Crippen LogP contribution in [0, 0.1) is 11.7 Å². The molecular weight excluding hydrogens is 371 g/mol. The van der Waals surface area contributed by atoms with E-state index < -0.39 is 0 Å². The van der Waals surface area contributed by atoms with Crippen molar-refractivity contribution in [2.75, 3.05) is 57.4 Å². The molecule has 2 aliphatic heterocycles. The first-order valence-electron chi connectivity index (χ1n) is 10.4. The number of aliphatic imine (C=N–C) groups is 1. The summed E-state index contributed by atoms with van der Waals surface area (Å²) in [6.45, 7) is 6.33. The van der Waals surface area contributed by atoms with Crippen molar-refractivity contribution in [1.82, 2.24) is 10.2 Å². The van der Waals surface area contributed by atoms with E-state index in [-0.39, 0.29) is 5.82 Å². The van der Waals surface area contributed by atoms with Crippen LogP contribution in [0.2, 0.25) is 0 Å². The molecule has 29 heavy (non-hydrogen) atoms. The van der Waals surface area contributed by atoms with Crippen LogP contribution in [0.4, 0.5) is 10.1 Å². The Morgan fingerprint density at radius 1 is 1.14 bits per heavy atom. The van der Waals surface area contributed by atoms with Crippen molar-refractivity contribution in [3.63, 3.8) is 0 Å². The highest BCUT2D eigenvalue weighted by molar-refractivity contribution is 5.80. The molecule has 0 amide bonds. The molecule has 2 fully saturated rings. The number of hydrogen-bond donors (Lipinski definition) is 1. The lowest BCUT2D eigenvalue weighted by Gasteiger charge is -2.38. The van der Waals surface area contributed by atoms with Gasteiger partial charge in [-0.25, -0.2) is 4.39 Å². The first kappa shape index (κ1) is 19.8. The number of piperazine rings is 1. The SMILES string of the molecule is Fc1ccccc1N1CCN(C(=NCC2CCOC2)NCCc2ccco2)CC1. The molecule has 1 atom stereocenters.